The van der Waals surface area contributed by atoms with Gasteiger partial charge < -0.3 is 29.6 Å². The molecule has 15 heteroatoms. The Labute approximate surface area is 214 Å². The molecule has 5 rings (SSSR count). The van der Waals surface area contributed by atoms with Crippen molar-refractivity contribution in [3.05, 3.63) is 52.7 Å². The van der Waals surface area contributed by atoms with Crippen molar-refractivity contribution < 1.29 is 33.1 Å². The van der Waals surface area contributed by atoms with Gasteiger partial charge in [-0.15, -0.1) is 0 Å². The fraction of sp³-hybridized carbons (Fsp3) is 0.348. The molecule has 2 aliphatic rings. The summed E-state index contributed by atoms with van der Waals surface area (Å²) in [5, 5.41) is 13.4. The van der Waals surface area contributed by atoms with Crippen LogP contribution < -0.4 is 19.7 Å². The number of fused-ring (bicyclic) bond motifs is 1. The van der Waals surface area contributed by atoms with Crippen LogP contribution in [0.3, 0.4) is 0 Å². The summed E-state index contributed by atoms with van der Waals surface area (Å²) >= 11 is 0. The Kier molecular flexibility index (Phi) is 6.26. The molecule has 1 aromatic carbocycles. The van der Waals surface area contributed by atoms with Gasteiger partial charge in [0.1, 0.15) is 24.7 Å². The first-order valence-corrected chi connectivity index (χ1v) is 11.5. The van der Waals surface area contributed by atoms with Gasteiger partial charge in [-0.25, -0.2) is 19.2 Å². The third kappa shape index (κ3) is 5.02. The monoisotopic (exact) mass is 527 g/mol. The van der Waals surface area contributed by atoms with Crippen LogP contribution in [-0.2, 0) is 16.1 Å². The lowest BCUT2D eigenvalue weighted by atomic mass is 10.1. The third-order valence-corrected chi connectivity index (χ3v) is 5.92. The van der Waals surface area contributed by atoms with Crippen LogP contribution in [0.15, 0.2) is 36.8 Å². The number of nitrogens with one attached hydrogen (secondary N) is 1. The summed E-state index contributed by atoms with van der Waals surface area (Å²) in [6.07, 6.45) is 2.94. The molecule has 0 saturated carbocycles. The lowest BCUT2D eigenvalue weighted by molar-refractivity contribution is -0.389. The summed E-state index contributed by atoms with van der Waals surface area (Å²) in [4.78, 5) is 46.9. The smallest absolute Gasteiger partial charge is 0.415 e. The van der Waals surface area contributed by atoms with Crippen molar-refractivity contribution in [1.82, 2.24) is 24.8 Å². The fourth-order valence-electron chi connectivity index (χ4n) is 4.11. The molecule has 0 unspecified atom stereocenters. The Balaban J connectivity index is 1.20. The van der Waals surface area contributed by atoms with Crippen molar-refractivity contribution in [3.8, 4) is 23.1 Å². The normalized spacial score (nSPS) is 20.0. The highest BCUT2D eigenvalue weighted by Gasteiger charge is 2.41. The summed E-state index contributed by atoms with van der Waals surface area (Å²) in [6.45, 7) is 3.80. The Bertz CT molecular complexity index is 1390. The van der Waals surface area contributed by atoms with Crippen LogP contribution in [0.5, 0.6) is 12.0 Å². The predicted molar refractivity (Wildman–Crippen MR) is 127 cm³/mol. The zero-order valence-electron chi connectivity index (χ0n) is 20.3. The van der Waals surface area contributed by atoms with Gasteiger partial charge in [0.2, 0.25) is 5.91 Å². The Morgan fingerprint density at radius 2 is 2.13 bits per heavy atom. The molecule has 4 heterocycles. The first-order valence-electron chi connectivity index (χ1n) is 11.5. The molecule has 2 aromatic heterocycles. The highest BCUT2D eigenvalue weighted by atomic mass is 19.1. The first-order chi connectivity index (χ1) is 18.1. The minimum atomic E-state index is -0.834. The average Bonchev–Trinajstić information content (AvgIpc) is 3.53. The number of benzene rings is 1. The summed E-state index contributed by atoms with van der Waals surface area (Å²) in [6, 6.07) is 4.47. The lowest BCUT2D eigenvalue weighted by Gasteiger charge is -2.21. The number of hydrogen-bond acceptors (Lipinski definition) is 10. The largest absolute Gasteiger partial charge is 0.459 e. The van der Waals surface area contributed by atoms with Crippen molar-refractivity contribution in [2.45, 2.75) is 32.1 Å². The van der Waals surface area contributed by atoms with Crippen molar-refractivity contribution in [2.24, 2.45) is 0 Å². The Morgan fingerprint density at radius 1 is 1.37 bits per heavy atom. The standard InChI is InChI=1S/C23H22FN7O7/c1-13(32)25-8-16-9-30(22(33)37-16)15-3-4-17(18(24)5-15)14-6-26-20(27-7-14)36-12-23(2)11-29-10-19(31(34)35)28-21(29)38-23/h3-7,10,16H,8-9,11-12H2,1-2H3,(H,25,32)/t16-,23-/m0/s1. The molecule has 2 aliphatic heterocycles. The second kappa shape index (κ2) is 9.57. The number of aromatic nitrogens is 4. The maximum atomic E-state index is 15.0. The molecule has 0 spiro atoms. The second-order valence-electron chi connectivity index (χ2n) is 9.08. The Morgan fingerprint density at radius 3 is 2.79 bits per heavy atom. The molecule has 3 aromatic rings. The molecule has 0 bridgehead atoms. The maximum absolute atomic E-state index is 15.0. The molecule has 198 valence electrons. The van der Waals surface area contributed by atoms with Gasteiger partial charge in [0.15, 0.2) is 5.60 Å². The molecule has 1 fully saturated rings. The van der Waals surface area contributed by atoms with Gasteiger partial charge in [0.25, 0.3) is 0 Å². The van der Waals surface area contributed by atoms with Gasteiger partial charge in [-0.05, 0) is 30.0 Å². The predicted octanol–water partition coefficient (Wildman–Crippen LogP) is 2.08. The van der Waals surface area contributed by atoms with Crippen LogP contribution >= 0.6 is 0 Å². The van der Waals surface area contributed by atoms with E-state index in [1.165, 1.54) is 47.1 Å². The van der Waals surface area contributed by atoms with E-state index >= 15 is 0 Å². The number of nitrogens with zero attached hydrogens (tertiary/aromatic N) is 6. The average molecular weight is 527 g/mol. The number of halogens is 1. The number of carbonyl (C=O) groups is 2. The van der Waals surface area contributed by atoms with Crippen molar-refractivity contribution in [2.75, 3.05) is 24.6 Å². The number of anilines is 1. The minimum Gasteiger partial charge on any atom is -0.459 e. The SMILES string of the molecule is CC(=O)NC[C@H]1CN(c2ccc(-c3cnc(OC[C@]4(C)Cn5cc([N+](=O)[O-])nc5O4)nc3)c(F)c2)C(=O)O1. The zero-order chi connectivity index (χ0) is 27.0. The van der Waals surface area contributed by atoms with E-state index in [9.17, 15) is 24.1 Å². The number of rotatable bonds is 8. The van der Waals surface area contributed by atoms with Gasteiger partial charge in [0, 0.05) is 35.4 Å². The highest BCUT2D eigenvalue weighted by Crippen LogP contribution is 2.32. The van der Waals surface area contributed by atoms with Crippen molar-refractivity contribution in [3.63, 3.8) is 0 Å². The topological polar surface area (TPSA) is 164 Å². The fourth-order valence-corrected chi connectivity index (χ4v) is 4.11. The second-order valence-corrected chi connectivity index (χ2v) is 9.08. The third-order valence-electron chi connectivity index (χ3n) is 5.92. The molecular formula is C23H22FN7O7. The van der Waals surface area contributed by atoms with Gasteiger partial charge in [-0.3, -0.25) is 14.3 Å². The quantitative estimate of drug-likeness (QED) is 0.339. The number of carbonyl (C=O) groups excluding carboxylic acids is 2. The van der Waals surface area contributed by atoms with Crippen LogP contribution in [-0.4, -0.2) is 67.8 Å². The van der Waals surface area contributed by atoms with Crippen LogP contribution in [0.1, 0.15) is 13.8 Å². The molecular weight excluding hydrogens is 505 g/mol. The first kappa shape index (κ1) is 24.9. The number of ether oxygens (including phenoxy) is 3. The number of nitro groups is 1. The number of hydrogen-bond donors (Lipinski definition) is 1. The molecule has 2 amide bonds. The molecule has 38 heavy (non-hydrogen) atoms. The van der Waals surface area contributed by atoms with E-state index in [4.69, 9.17) is 14.2 Å². The van der Waals surface area contributed by atoms with Gasteiger partial charge >= 0.3 is 23.9 Å². The summed E-state index contributed by atoms with van der Waals surface area (Å²) < 4.78 is 33.1. The lowest BCUT2D eigenvalue weighted by Crippen LogP contribution is -2.38. The molecule has 0 radical (unpaired) electrons. The highest BCUT2D eigenvalue weighted by molar-refractivity contribution is 5.90. The van der Waals surface area contributed by atoms with Gasteiger partial charge in [-0.2, -0.15) is 0 Å². The van der Waals surface area contributed by atoms with E-state index in [1.807, 2.05) is 0 Å². The molecule has 1 N–H and O–H groups in total. The van der Waals surface area contributed by atoms with E-state index in [0.29, 0.717) is 11.3 Å². The zero-order valence-corrected chi connectivity index (χ0v) is 20.3. The Hall–Kier alpha value is -4.82. The van der Waals surface area contributed by atoms with E-state index in [0.717, 1.165) is 0 Å². The summed E-state index contributed by atoms with van der Waals surface area (Å²) in [5.74, 6) is -1.13. The van der Waals surface area contributed by atoms with E-state index < -0.39 is 28.5 Å². The van der Waals surface area contributed by atoms with Crippen LogP contribution in [0, 0.1) is 15.9 Å². The summed E-state index contributed by atoms with van der Waals surface area (Å²) in [5.41, 5.74) is 0.0993. The van der Waals surface area contributed by atoms with Crippen LogP contribution in [0.25, 0.3) is 11.1 Å². The van der Waals surface area contributed by atoms with E-state index in [-0.39, 0.29) is 55.6 Å². The van der Waals surface area contributed by atoms with Crippen molar-refractivity contribution >= 4 is 23.5 Å². The van der Waals surface area contributed by atoms with Gasteiger partial charge in [-0.1, -0.05) is 0 Å². The molecule has 0 aliphatic carbocycles. The summed E-state index contributed by atoms with van der Waals surface area (Å²) in [7, 11) is 0. The van der Waals surface area contributed by atoms with E-state index in [2.05, 4.69) is 20.3 Å². The van der Waals surface area contributed by atoms with Crippen LogP contribution in [0.2, 0.25) is 0 Å². The van der Waals surface area contributed by atoms with E-state index in [1.54, 1.807) is 13.0 Å². The minimum absolute atomic E-state index is 0.0381. The number of cyclic esters (lactones) is 1. The number of amides is 2. The molecule has 2 atom stereocenters. The van der Waals surface area contributed by atoms with Crippen molar-refractivity contribution in [1.29, 1.82) is 0 Å². The molecule has 14 nitrogen and oxygen atoms in total. The molecule has 1 saturated heterocycles. The van der Waals surface area contributed by atoms with Gasteiger partial charge in [0.05, 0.1) is 25.3 Å². The number of imidazole rings is 1. The van der Waals surface area contributed by atoms with Crippen LogP contribution in [0.4, 0.5) is 20.7 Å². The maximum Gasteiger partial charge on any atom is 0.415 e.